The van der Waals surface area contributed by atoms with Gasteiger partial charge >= 0.3 is 0 Å². The summed E-state index contributed by atoms with van der Waals surface area (Å²) in [5.74, 6) is -1.13. The SMILES string of the molecule is CCC(N)C(Sc1ccc(F)cc1F)c1ccccc1Br. The lowest BCUT2D eigenvalue weighted by molar-refractivity contribution is 0.564. The van der Waals surface area contributed by atoms with Crippen molar-refractivity contribution in [3.8, 4) is 0 Å². The summed E-state index contributed by atoms with van der Waals surface area (Å²) in [4.78, 5) is 0.404. The number of hydrogen-bond acceptors (Lipinski definition) is 2. The lowest BCUT2D eigenvalue weighted by Crippen LogP contribution is -2.26. The Morgan fingerprint density at radius 3 is 2.52 bits per heavy atom. The molecule has 0 aliphatic heterocycles. The summed E-state index contributed by atoms with van der Waals surface area (Å²) in [6.07, 6.45) is 0.766. The molecule has 2 aromatic carbocycles. The maximum Gasteiger partial charge on any atom is 0.139 e. The van der Waals surface area contributed by atoms with Gasteiger partial charge in [-0.1, -0.05) is 41.1 Å². The Labute approximate surface area is 136 Å². The predicted octanol–water partition coefficient (Wildman–Crippen LogP) is 5.30. The maximum atomic E-state index is 13.9. The molecule has 0 aromatic heterocycles. The molecule has 0 aliphatic carbocycles. The molecular formula is C16H16BrF2NS. The van der Waals surface area contributed by atoms with E-state index in [0.717, 1.165) is 22.5 Å². The van der Waals surface area contributed by atoms with Crippen molar-refractivity contribution in [1.29, 1.82) is 0 Å². The Bertz CT molecular complexity index is 621. The van der Waals surface area contributed by atoms with Crippen molar-refractivity contribution in [2.45, 2.75) is 29.5 Å². The molecule has 112 valence electrons. The molecule has 0 bridgehead atoms. The number of nitrogens with two attached hydrogens (primary N) is 1. The minimum atomic E-state index is -0.575. The van der Waals surface area contributed by atoms with Crippen LogP contribution in [-0.2, 0) is 0 Å². The van der Waals surface area contributed by atoms with Gasteiger partial charge in [0, 0.05) is 21.5 Å². The summed E-state index contributed by atoms with van der Waals surface area (Å²) in [7, 11) is 0. The van der Waals surface area contributed by atoms with Gasteiger partial charge in [-0.25, -0.2) is 8.78 Å². The average molecular weight is 372 g/mol. The molecule has 0 amide bonds. The van der Waals surface area contributed by atoms with Gasteiger partial charge in [0.25, 0.3) is 0 Å². The van der Waals surface area contributed by atoms with E-state index >= 15 is 0 Å². The zero-order chi connectivity index (χ0) is 15.4. The van der Waals surface area contributed by atoms with Crippen molar-refractivity contribution >= 4 is 27.7 Å². The monoisotopic (exact) mass is 371 g/mol. The molecular weight excluding hydrogens is 356 g/mol. The molecule has 2 unspecified atom stereocenters. The van der Waals surface area contributed by atoms with Crippen LogP contribution < -0.4 is 5.73 Å². The normalized spacial score (nSPS) is 14.0. The van der Waals surface area contributed by atoms with Crippen LogP contribution in [0.2, 0.25) is 0 Å². The standard InChI is InChI=1S/C16H16BrF2NS/c1-2-14(20)16(11-5-3-4-6-12(11)17)21-15-8-7-10(18)9-13(15)19/h3-9,14,16H,2,20H2,1H3. The summed E-state index contributed by atoms with van der Waals surface area (Å²) in [5.41, 5.74) is 7.22. The minimum absolute atomic E-state index is 0.106. The van der Waals surface area contributed by atoms with Crippen molar-refractivity contribution in [2.75, 3.05) is 0 Å². The van der Waals surface area contributed by atoms with E-state index in [1.807, 2.05) is 31.2 Å². The molecule has 2 rings (SSSR count). The number of benzene rings is 2. The topological polar surface area (TPSA) is 26.0 Å². The van der Waals surface area contributed by atoms with Gasteiger partial charge in [-0.3, -0.25) is 0 Å². The molecule has 0 saturated heterocycles. The van der Waals surface area contributed by atoms with E-state index in [2.05, 4.69) is 15.9 Å². The van der Waals surface area contributed by atoms with Gasteiger partial charge in [-0.05, 0) is 30.2 Å². The first-order valence-electron chi connectivity index (χ1n) is 6.64. The molecule has 5 heteroatoms. The van der Waals surface area contributed by atoms with Crippen LogP contribution in [0.1, 0.15) is 24.2 Å². The summed E-state index contributed by atoms with van der Waals surface area (Å²) in [6, 6.07) is 11.3. The van der Waals surface area contributed by atoms with Crippen LogP contribution in [0.25, 0.3) is 0 Å². The fraction of sp³-hybridized carbons (Fsp3) is 0.250. The van der Waals surface area contributed by atoms with E-state index in [4.69, 9.17) is 5.73 Å². The second kappa shape index (κ2) is 7.38. The second-order valence-electron chi connectivity index (χ2n) is 4.71. The van der Waals surface area contributed by atoms with Gasteiger partial charge in [-0.15, -0.1) is 11.8 Å². The molecule has 0 heterocycles. The molecule has 0 spiro atoms. The molecule has 0 saturated carbocycles. The summed E-state index contributed by atoms with van der Waals surface area (Å²) >= 11 is 4.84. The second-order valence-corrected chi connectivity index (χ2v) is 6.74. The first kappa shape index (κ1) is 16.5. The van der Waals surface area contributed by atoms with E-state index in [1.54, 1.807) is 0 Å². The van der Waals surface area contributed by atoms with E-state index < -0.39 is 11.6 Å². The first-order chi connectivity index (χ1) is 10.0. The van der Waals surface area contributed by atoms with Crippen molar-refractivity contribution in [1.82, 2.24) is 0 Å². The van der Waals surface area contributed by atoms with Gasteiger partial charge < -0.3 is 5.73 Å². The predicted molar refractivity (Wildman–Crippen MR) is 87.4 cm³/mol. The highest BCUT2D eigenvalue weighted by molar-refractivity contribution is 9.10. The Balaban J connectivity index is 2.35. The molecule has 2 N–H and O–H groups in total. The van der Waals surface area contributed by atoms with Crippen LogP contribution in [0, 0.1) is 11.6 Å². The van der Waals surface area contributed by atoms with Crippen LogP contribution >= 0.6 is 27.7 Å². The highest BCUT2D eigenvalue weighted by Crippen LogP contribution is 2.41. The van der Waals surface area contributed by atoms with Crippen molar-refractivity contribution < 1.29 is 8.78 Å². The third kappa shape index (κ3) is 4.05. The first-order valence-corrected chi connectivity index (χ1v) is 8.32. The molecule has 0 aliphatic rings. The van der Waals surface area contributed by atoms with E-state index in [9.17, 15) is 8.78 Å². The number of halogens is 3. The van der Waals surface area contributed by atoms with Gasteiger partial charge in [-0.2, -0.15) is 0 Å². The van der Waals surface area contributed by atoms with Gasteiger partial charge in [0.1, 0.15) is 11.6 Å². The highest BCUT2D eigenvalue weighted by atomic mass is 79.9. The Morgan fingerprint density at radius 1 is 1.19 bits per heavy atom. The van der Waals surface area contributed by atoms with E-state index in [0.29, 0.717) is 4.90 Å². The number of hydrogen-bond donors (Lipinski definition) is 1. The van der Waals surface area contributed by atoms with Crippen molar-refractivity contribution in [2.24, 2.45) is 5.73 Å². The lowest BCUT2D eigenvalue weighted by atomic mass is 10.0. The third-order valence-corrected chi connectivity index (χ3v) is 5.38. The van der Waals surface area contributed by atoms with Crippen LogP contribution in [0.3, 0.4) is 0 Å². The molecule has 2 atom stereocenters. The molecule has 1 nitrogen and oxygen atoms in total. The molecule has 0 fully saturated rings. The highest BCUT2D eigenvalue weighted by Gasteiger charge is 2.23. The summed E-state index contributed by atoms with van der Waals surface area (Å²) in [5, 5.41) is -0.106. The molecule has 21 heavy (non-hydrogen) atoms. The zero-order valence-electron chi connectivity index (χ0n) is 11.5. The van der Waals surface area contributed by atoms with Crippen LogP contribution in [0.15, 0.2) is 51.8 Å². The van der Waals surface area contributed by atoms with Crippen LogP contribution in [-0.4, -0.2) is 6.04 Å². The zero-order valence-corrected chi connectivity index (χ0v) is 13.9. The van der Waals surface area contributed by atoms with E-state index in [-0.39, 0.29) is 11.3 Å². The lowest BCUT2D eigenvalue weighted by Gasteiger charge is -2.24. The van der Waals surface area contributed by atoms with Crippen molar-refractivity contribution in [3.63, 3.8) is 0 Å². The molecule has 2 aromatic rings. The Hall–Kier alpha value is -0.910. The molecule has 0 radical (unpaired) electrons. The van der Waals surface area contributed by atoms with Crippen molar-refractivity contribution in [3.05, 3.63) is 64.1 Å². The Kier molecular flexibility index (Phi) is 5.79. The fourth-order valence-electron chi connectivity index (χ4n) is 2.01. The van der Waals surface area contributed by atoms with Crippen LogP contribution in [0.5, 0.6) is 0 Å². The summed E-state index contributed by atoms with van der Waals surface area (Å²) < 4.78 is 27.8. The van der Waals surface area contributed by atoms with E-state index in [1.165, 1.54) is 23.9 Å². The van der Waals surface area contributed by atoms with Gasteiger partial charge in [0.05, 0.1) is 5.25 Å². The third-order valence-electron chi connectivity index (χ3n) is 3.22. The number of thioether (sulfide) groups is 1. The fourth-order valence-corrected chi connectivity index (χ4v) is 3.98. The van der Waals surface area contributed by atoms with Gasteiger partial charge in [0.15, 0.2) is 0 Å². The van der Waals surface area contributed by atoms with Crippen LogP contribution in [0.4, 0.5) is 8.78 Å². The summed E-state index contributed by atoms with van der Waals surface area (Å²) in [6.45, 7) is 2.00. The largest absolute Gasteiger partial charge is 0.326 e. The smallest absolute Gasteiger partial charge is 0.139 e. The number of rotatable bonds is 5. The Morgan fingerprint density at radius 2 is 1.90 bits per heavy atom. The van der Waals surface area contributed by atoms with Gasteiger partial charge in [0.2, 0.25) is 0 Å². The average Bonchev–Trinajstić information content (AvgIpc) is 2.47. The quantitative estimate of drug-likeness (QED) is 0.721. The maximum absolute atomic E-state index is 13.9. The minimum Gasteiger partial charge on any atom is -0.326 e.